The van der Waals surface area contributed by atoms with Gasteiger partial charge in [-0.3, -0.25) is 4.68 Å². The lowest BCUT2D eigenvalue weighted by molar-refractivity contribution is 0.409. The number of anilines is 1. The van der Waals surface area contributed by atoms with Crippen LogP contribution in [0.25, 0.3) is 11.3 Å². The van der Waals surface area contributed by atoms with Crippen molar-refractivity contribution in [2.75, 3.05) is 20.0 Å². The second kappa shape index (κ2) is 4.37. The smallest absolute Gasteiger partial charge is 0.164 e. The molecule has 0 aliphatic heterocycles. The molecule has 0 atom stereocenters. The predicted octanol–water partition coefficient (Wildman–Crippen LogP) is 1.69. The van der Waals surface area contributed by atoms with E-state index in [1.807, 2.05) is 19.2 Å². The van der Waals surface area contributed by atoms with Crippen molar-refractivity contribution in [3.8, 4) is 22.8 Å². The molecule has 0 spiro atoms. The van der Waals surface area contributed by atoms with Crippen LogP contribution in [0, 0.1) is 0 Å². The van der Waals surface area contributed by atoms with Crippen LogP contribution in [0.1, 0.15) is 0 Å². The van der Waals surface area contributed by atoms with Crippen LogP contribution in [-0.2, 0) is 7.05 Å². The maximum absolute atomic E-state index is 5.80. The molecule has 0 aliphatic rings. The van der Waals surface area contributed by atoms with E-state index in [4.69, 9.17) is 15.2 Å². The third kappa shape index (κ3) is 1.91. The molecule has 2 rings (SSSR count). The lowest BCUT2D eigenvalue weighted by Gasteiger charge is -2.11. The normalized spacial score (nSPS) is 10.3. The van der Waals surface area contributed by atoms with Gasteiger partial charge in [-0.2, -0.15) is 5.10 Å². The predicted molar refractivity (Wildman–Crippen MR) is 66.2 cm³/mol. The summed E-state index contributed by atoms with van der Waals surface area (Å²) in [6, 6.07) is 5.47. The van der Waals surface area contributed by atoms with Gasteiger partial charge in [-0.1, -0.05) is 0 Å². The minimum absolute atomic E-state index is 0.670. The van der Waals surface area contributed by atoms with Gasteiger partial charge in [0, 0.05) is 18.3 Å². The summed E-state index contributed by atoms with van der Waals surface area (Å²) in [5.41, 5.74) is 8.18. The second-order valence-electron chi connectivity index (χ2n) is 3.64. The Kier molecular flexibility index (Phi) is 2.91. The van der Waals surface area contributed by atoms with E-state index in [1.165, 1.54) is 0 Å². The van der Waals surface area contributed by atoms with Gasteiger partial charge >= 0.3 is 0 Å². The molecule has 0 aliphatic carbocycles. The molecule has 90 valence electrons. The molecule has 5 nitrogen and oxygen atoms in total. The van der Waals surface area contributed by atoms with Gasteiger partial charge in [-0.05, 0) is 18.2 Å². The zero-order chi connectivity index (χ0) is 12.4. The number of methoxy groups -OCH3 is 2. The molecule has 2 aromatic rings. The topological polar surface area (TPSA) is 62.3 Å². The van der Waals surface area contributed by atoms with Crippen LogP contribution in [0.3, 0.4) is 0 Å². The van der Waals surface area contributed by atoms with Crippen LogP contribution in [0.15, 0.2) is 24.4 Å². The minimum Gasteiger partial charge on any atom is -0.496 e. The van der Waals surface area contributed by atoms with E-state index in [0.29, 0.717) is 11.4 Å². The molecule has 5 heteroatoms. The Morgan fingerprint density at radius 1 is 1.18 bits per heavy atom. The highest BCUT2D eigenvalue weighted by Crippen LogP contribution is 2.36. The number of ether oxygens (including phenoxy) is 2. The summed E-state index contributed by atoms with van der Waals surface area (Å²) in [5, 5.41) is 4.16. The Labute approximate surface area is 99.8 Å². The Bertz CT molecular complexity index is 535. The molecule has 0 radical (unpaired) electrons. The molecule has 1 aromatic heterocycles. The van der Waals surface area contributed by atoms with Crippen molar-refractivity contribution in [2.24, 2.45) is 7.05 Å². The Balaban J connectivity index is 2.66. The fourth-order valence-electron chi connectivity index (χ4n) is 1.78. The Morgan fingerprint density at radius 3 is 2.53 bits per heavy atom. The summed E-state index contributed by atoms with van der Waals surface area (Å²) in [6.07, 6.45) is 1.66. The molecule has 1 heterocycles. The summed E-state index contributed by atoms with van der Waals surface area (Å²) in [4.78, 5) is 0. The molecule has 0 saturated heterocycles. The van der Waals surface area contributed by atoms with Crippen LogP contribution in [0.5, 0.6) is 11.5 Å². The maximum atomic E-state index is 5.80. The van der Waals surface area contributed by atoms with Gasteiger partial charge in [0.2, 0.25) is 0 Å². The van der Waals surface area contributed by atoms with Crippen LogP contribution in [0.4, 0.5) is 5.69 Å². The van der Waals surface area contributed by atoms with E-state index >= 15 is 0 Å². The van der Waals surface area contributed by atoms with Crippen LogP contribution >= 0.6 is 0 Å². The first-order valence-electron chi connectivity index (χ1n) is 5.17. The van der Waals surface area contributed by atoms with E-state index in [0.717, 1.165) is 17.0 Å². The van der Waals surface area contributed by atoms with Gasteiger partial charge in [-0.15, -0.1) is 0 Å². The summed E-state index contributed by atoms with van der Waals surface area (Å²) >= 11 is 0. The van der Waals surface area contributed by atoms with E-state index in [1.54, 1.807) is 31.2 Å². The van der Waals surface area contributed by atoms with Crippen molar-refractivity contribution in [1.82, 2.24) is 9.78 Å². The standard InChI is InChI=1S/C12H15N3O2/c1-15-12(11(17-3)7-14-15)9-6-8(13)4-5-10(9)16-2/h4-7H,13H2,1-3H3. The van der Waals surface area contributed by atoms with E-state index in [2.05, 4.69) is 5.10 Å². The number of rotatable bonds is 3. The molecule has 0 unspecified atom stereocenters. The number of hydrogen-bond donors (Lipinski definition) is 1. The zero-order valence-electron chi connectivity index (χ0n) is 10.1. The van der Waals surface area contributed by atoms with E-state index in [-0.39, 0.29) is 0 Å². The largest absolute Gasteiger partial charge is 0.496 e. The maximum Gasteiger partial charge on any atom is 0.164 e. The van der Waals surface area contributed by atoms with Crippen LogP contribution in [-0.4, -0.2) is 24.0 Å². The quantitative estimate of drug-likeness (QED) is 0.819. The number of nitrogen functional groups attached to an aromatic ring is 1. The summed E-state index contributed by atoms with van der Waals surface area (Å²) in [6.45, 7) is 0. The first kappa shape index (κ1) is 11.3. The van der Waals surface area contributed by atoms with Crippen molar-refractivity contribution >= 4 is 5.69 Å². The summed E-state index contributed by atoms with van der Waals surface area (Å²) in [5.74, 6) is 1.43. The van der Waals surface area contributed by atoms with E-state index in [9.17, 15) is 0 Å². The highest BCUT2D eigenvalue weighted by atomic mass is 16.5. The second-order valence-corrected chi connectivity index (χ2v) is 3.64. The molecule has 2 N–H and O–H groups in total. The van der Waals surface area contributed by atoms with Gasteiger partial charge < -0.3 is 15.2 Å². The first-order chi connectivity index (χ1) is 8.17. The number of aryl methyl sites for hydroxylation is 1. The van der Waals surface area contributed by atoms with Crippen molar-refractivity contribution in [3.05, 3.63) is 24.4 Å². The average molecular weight is 233 g/mol. The van der Waals surface area contributed by atoms with Crippen LogP contribution < -0.4 is 15.2 Å². The Hall–Kier alpha value is -2.17. The lowest BCUT2D eigenvalue weighted by atomic mass is 10.1. The zero-order valence-corrected chi connectivity index (χ0v) is 10.1. The molecule has 0 bridgehead atoms. The molecule has 0 amide bonds. The number of nitrogens with zero attached hydrogens (tertiary/aromatic N) is 2. The molecule has 1 aromatic carbocycles. The first-order valence-corrected chi connectivity index (χ1v) is 5.17. The molecule has 17 heavy (non-hydrogen) atoms. The Morgan fingerprint density at radius 2 is 1.88 bits per heavy atom. The third-order valence-electron chi connectivity index (χ3n) is 2.60. The van der Waals surface area contributed by atoms with E-state index < -0.39 is 0 Å². The monoisotopic (exact) mass is 233 g/mol. The minimum atomic E-state index is 0.670. The third-order valence-corrected chi connectivity index (χ3v) is 2.60. The lowest BCUT2D eigenvalue weighted by Crippen LogP contribution is -1.98. The highest BCUT2D eigenvalue weighted by molar-refractivity contribution is 5.75. The highest BCUT2D eigenvalue weighted by Gasteiger charge is 2.16. The average Bonchev–Trinajstić information content (AvgIpc) is 2.70. The molecule has 0 saturated carbocycles. The molecular formula is C12H15N3O2. The number of benzene rings is 1. The van der Waals surface area contributed by atoms with Crippen molar-refractivity contribution in [1.29, 1.82) is 0 Å². The number of nitrogens with two attached hydrogens (primary N) is 1. The van der Waals surface area contributed by atoms with Gasteiger partial charge in [0.05, 0.1) is 20.4 Å². The van der Waals surface area contributed by atoms with Crippen molar-refractivity contribution in [3.63, 3.8) is 0 Å². The SMILES string of the molecule is COc1ccc(N)cc1-c1c(OC)cnn1C. The van der Waals surface area contributed by atoms with Gasteiger partial charge in [0.15, 0.2) is 5.75 Å². The van der Waals surface area contributed by atoms with Gasteiger partial charge in [0.25, 0.3) is 0 Å². The fraction of sp³-hybridized carbons (Fsp3) is 0.250. The summed E-state index contributed by atoms with van der Waals surface area (Å²) in [7, 11) is 5.08. The number of aromatic nitrogens is 2. The van der Waals surface area contributed by atoms with Crippen LogP contribution in [0.2, 0.25) is 0 Å². The summed E-state index contributed by atoms with van der Waals surface area (Å²) < 4.78 is 12.3. The van der Waals surface area contributed by atoms with Crippen molar-refractivity contribution in [2.45, 2.75) is 0 Å². The number of hydrogen-bond acceptors (Lipinski definition) is 4. The fourth-order valence-corrected chi connectivity index (χ4v) is 1.78. The molecule has 0 fully saturated rings. The van der Waals surface area contributed by atoms with Gasteiger partial charge in [0.1, 0.15) is 11.4 Å². The van der Waals surface area contributed by atoms with Crippen molar-refractivity contribution < 1.29 is 9.47 Å². The van der Waals surface area contributed by atoms with Gasteiger partial charge in [-0.25, -0.2) is 0 Å². The molecular weight excluding hydrogens is 218 g/mol.